The SMILES string of the molecule is CNCC1COCCC1O. The Morgan fingerprint density at radius 2 is 2.50 bits per heavy atom. The first-order valence-corrected chi connectivity index (χ1v) is 3.75. The Labute approximate surface area is 61.4 Å². The fourth-order valence-electron chi connectivity index (χ4n) is 1.24. The van der Waals surface area contributed by atoms with Gasteiger partial charge in [0.25, 0.3) is 0 Å². The van der Waals surface area contributed by atoms with Gasteiger partial charge in [0, 0.05) is 19.1 Å². The van der Waals surface area contributed by atoms with Gasteiger partial charge in [0.2, 0.25) is 0 Å². The van der Waals surface area contributed by atoms with Crippen molar-refractivity contribution in [2.45, 2.75) is 12.5 Å². The predicted octanol–water partition coefficient (Wildman–Crippen LogP) is -0.397. The Bertz CT molecular complexity index is 95.6. The number of aliphatic hydroxyl groups excluding tert-OH is 1. The molecule has 1 aliphatic rings. The Kier molecular flexibility index (Phi) is 3.12. The molecule has 1 rings (SSSR count). The highest BCUT2D eigenvalue weighted by molar-refractivity contribution is 4.73. The van der Waals surface area contributed by atoms with Crippen LogP contribution in [-0.2, 0) is 4.74 Å². The highest BCUT2D eigenvalue weighted by Gasteiger charge is 2.22. The zero-order valence-corrected chi connectivity index (χ0v) is 6.34. The molecule has 0 amide bonds. The molecule has 3 heteroatoms. The van der Waals surface area contributed by atoms with Gasteiger partial charge in [0.1, 0.15) is 0 Å². The van der Waals surface area contributed by atoms with Crippen molar-refractivity contribution in [3.8, 4) is 0 Å². The van der Waals surface area contributed by atoms with E-state index in [1.807, 2.05) is 7.05 Å². The second-order valence-electron chi connectivity index (χ2n) is 2.75. The van der Waals surface area contributed by atoms with E-state index < -0.39 is 0 Å². The van der Waals surface area contributed by atoms with E-state index in [0.717, 1.165) is 13.0 Å². The van der Waals surface area contributed by atoms with E-state index in [1.54, 1.807) is 0 Å². The molecule has 0 aromatic heterocycles. The number of aliphatic hydroxyl groups is 1. The molecule has 0 aliphatic carbocycles. The molecule has 2 unspecified atom stereocenters. The van der Waals surface area contributed by atoms with Crippen LogP contribution in [0.3, 0.4) is 0 Å². The molecular weight excluding hydrogens is 130 g/mol. The first kappa shape index (κ1) is 7.98. The van der Waals surface area contributed by atoms with Crippen molar-refractivity contribution in [3.05, 3.63) is 0 Å². The lowest BCUT2D eigenvalue weighted by molar-refractivity contribution is -0.0339. The molecule has 1 heterocycles. The van der Waals surface area contributed by atoms with E-state index >= 15 is 0 Å². The molecule has 60 valence electrons. The lowest BCUT2D eigenvalue weighted by atomic mass is 9.99. The summed E-state index contributed by atoms with van der Waals surface area (Å²) < 4.78 is 5.21. The first-order chi connectivity index (χ1) is 4.84. The highest BCUT2D eigenvalue weighted by atomic mass is 16.5. The van der Waals surface area contributed by atoms with Gasteiger partial charge in [-0.3, -0.25) is 0 Å². The van der Waals surface area contributed by atoms with Gasteiger partial charge in [-0.05, 0) is 13.5 Å². The molecule has 0 spiro atoms. The maximum Gasteiger partial charge on any atom is 0.0624 e. The Morgan fingerprint density at radius 3 is 3.10 bits per heavy atom. The summed E-state index contributed by atoms with van der Waals surface area (Å²) in [5.74, 6) is 0.291. The minimum absolute atomic E-state index is 0.166. The summed E-state index contributed by atoms with van der Waals surface area (Å²) in [7, 11) is 1.89. The van der Waals surface area contributed by atoms with Crippen LogP contribution in [0.4, 0.5) is 0 Å². The summed E-state index contributed by atoms with van der Waals surface area (Å²) >= 11 is 0. The zero-order valence-electron chi connectivity index (χ0n) is 6.34. The van der Waals surface area contributed by atoms with Gasteiger partial charge in [-0.1, -0.05) is 0 Å². The summed E-state index contributed by atoms with van der Waals surface area (Å²) in [5.41, 5.74) is 0. The van der Waals surface area contributed by atoms with E-state index in [0.29, 0.717) is 19.1 Å². The van der Waals surface area contributed by atoms with E-state index in [1.165, 1.54) is 0 Å². The number of rotatable bonds is 2. The lowest BCUT2D eigenvalue weighted by Gasteiger charge is -2.27. The summed E-state index contributed by atoms with van der Waals surface area (Å²) in [6.07, 6.45) is 0.619. The number of hydrogen-bond donors (Lipinski definition) is 2. The fraction of sp³-hybridized carbons (Fsp3) is 1.00. The van der Waals surface area contributed by atoms with Crippen LogP contribution >= 0.6 is 0 Å². The third-order valence-electron chi connectivity index (χ3n) is 1.90. The molecule has 2 N–H and O–H groups in total. The fourth-order valence-corrected chi connectivity index (χ4v) is 1.24. The average Bonchev–Trinajstić information content (AvgIpc) is 1.94. The van der Waals surface area contributed by atoms with Gasteiger partial charge in [0.15, 0.2) is 0 Å². The van der Waals surface area contributed by atoms with Crippen LogP contribution < -0.4 is 5.32 Å². The minimum atomic E-state index is -0.166. The Hall–Kier alpha value is -0.120. The van der Waals surface area contributed by atoms with Crippen molar-refractivity contribution in [2.24, 2.45) is 5.92 Å². The monoisotopic (exact) mass is 145 g/mol. The lowest BCUT2D eigenvalue weighted by Crippen LogP contribution is -2.37. The van der Waals surface area contributed by atoms with Gasteiger partial charge >= 0.3 is 0 Å². The quantitative estimate of drug-likeness (QED) is 0.555. The molecule has 2 atom stereocenters. The van der Waals surface area contributed by atoms with Gasteiger partial charge in [-0.25, -0.2) is 0 Å². The highest BCUT2D eigenvalue weighted by Crippen LogP contribution is 2.12. The third-order valence-corrected chi connectivity index (χ3v) is 1.90. The Morgan fingerprint density at radius 1 is 1.70 bits per heavy atom. The molecular formula is C7H15NO2. The molecule has 1 aliphatic heterocycles. The summed E-state index contributed by atoms with van der Waals surface area (Å²) in [6, 6.07) is 0. The van der Waals surface area contributed by atoms with Crippen LogP contribution in [0.15, 0.2) is 0 Å². The summed E-state index contributed by atoms with van der Waals surface area (Å²) in [5, 5.41) is 12.4. The molecule has 10 heavy (non-hydrogen) atoms. The maximum absolute atomic E-state index is 9.38. The van der Waals surface area contributed by atoms with Crippen LogP contribution in [0.5, 0.6) is 0 Å². The van der Waals surface area contributed by atoms with Crippen molar-refractivity contribution in [1.82, 2.24) is 5.32 Å². The number of ether oxygens (including phenoxy) is 1. The van der Waals surface area contributed by atoms with Gasteiger partial charge in [-0.15, -0.1) is 0 Å². The molecule has 0 aromatic rings. The normalized spacial score (nSPS) is 34.2. The average molecular weight is 145 g/mol. The minimum Gasteiger partial charge on any atom is -0.393 e. The molecule has 0 bridgehead atoms. The molecule has 0 radical (unpaired) electrons. The van der Waals surface area contributed by atoms with Gasteiger partial charge in [-0.2, -0.15) is 0 Å². The largest absolute Gasteiger partial charge is 0.393 e. The standard InChI is InChI=1S/C7H15NO2/c1-8-4-6-5-10-3-2-7(6)9/h6-9H,2-5H2,1H3. The van der Waals surface area contributed by atoms with Gasteiger partial charge < -0.3 is 15.2 Å². The number of hydrogen-bond acceptors (Lipinski definition) is 3. The summed E-state index contributed by atoms with van der Waals surface area (Å²) in [6.45, 7) is 2.25. The van der Waals surface area contributed by atoms with Crippen molar-refractivity contribution in [2.75, 3.05) is 26.8 Å². The molecule has 0 saturated carbocycles. The maximum atomic E-state index is 9.38. The topological polar surface area (TPSA) is 41.5 Å². The van der Waals surface area contributed by atoms with Gasteiger partial charge in [0.05, 0.1) is 12.7 Å². The van der Waals surface area contributed by atoms with Crippen LogP contribution in [0.1, 0.15) is 6.42 Å². The van der Waals surface area contributed by atoms with Crippen LogP contribution in [0, 0.1) is 5.92 Å². The van der Waals surface area contributed by atoms with Crippen LogP contribution in [-0.4, -0.2) is 38.0 Å². The van der Waals surface area contributed by atoms with Crippen molar-refractivity contribution in [1.29, 1.82) is 0 Å². The molecule has 1 fully saturated rings. The first-order valence-electron chi connectivity index (χ1n) is 3.75. The zero-order chi connectivity index (χ0) is 7.40. The van der Waals surface area contributed by atoms with Crippen molar-refractivity contribution >= 4 is 0 Å². The Balaban J connectivity index is 2.25. The second-order valence-corrected chi connectivity index (χ2v) is 2.75. The van der Waals surface area contributed by atoms with Crippen molar-refractivity contribution in [3.63, 3.8) is 0 Å². The van der Waals surface area contributed by atoms with E-state index in [2.05, 4.69) is 5.32 Å². The third kappa shape index (κ3) is 1.94. The summed E-state index contributed by atoms with van der Waals surface area (Å²) in [4.78, 5) is 0. The van der Waals surface area contributed by atoms with E-state index in [-0.39, 0.29) is 6.10 Å². The van der Waals surface area contributed by atoms with Crippen LogP contribution in [0.2, 0.25) is 0 Å². The van der Waals surface area contributed by atoms with E-state index in [9.17, 15) is 5.11 Å². The molecule has 1 saturated heterocycles. The molecule has 0 aromatic carbocycles. The second kappa shape index (κ2) is 3.91. The van der Waals surface area contributed by atoms with Crippen molar-refractivity contribution < 1.29 is 9.84 Å². The predicted molar refractivity (Wildman–Crippen MR) is 38.9 cm³/mol. The smallest absolute Gasteiger partial charge is 0.0624 e. The van der Waals surface area contributed by atoms with E-state index in [4.69, 9.17) is 4.74 Å². The molecule has 3 nitrogen and oxygen atoms in total. The number of nitrogens with one attached hydrogen (secondary N) is 1. The van der Waals surface area contributed by atoms with Crippen LogP contribution in [0.25, 0.3) is 0 Å².